The van der Waals surface area contributed by atoms with Crippen LogP contribution in [0.25, 0.3) is 0 Å². The molecule has 0 aliphatic carbocycles. The van der Waals surface area contributed by atoms with E-state index >= 15 is 0 Å². The van der Waals surface area contributed by atoms with E-state index in [1.807, 2.05) is 6.92 Å². The molecule has 0 radical (unpaired) electrons. The first-order valence-electron chi connectivity index (χ1n) is 6.10. The number of Topliss-reactive ketones (excluding diaryl/α,β-unsaturated/α-hetero) is 1. The Kier molecular flexibility index (Phi) is 4.04. The molecule has 1 aromatic heterocycles. The smallest absolute Gasteiger partial charge is 0.170 e. The zero-order chi connectivity index (χ0) is 13.8. The van der Waals surface area contributed by atoms with E-state index in [1.165, 1.54) is 18.3 Å². The van der Waals surface area contributed by atoms with Crippen LogP contribution >= 0.6 is 0 Å². The van der Waals surface area contributed by atoms with Crippen LogP contribution in [0.1, 0.15) is 29.3 Å². The number of aryl methyl sites for hydroxylation is 1. The van der Waals surface area contributed by atoms with Crippen LogP contribution in [0.3, 0.4) is 0 Å². The van der Waals surface area contributed by atoms with Crippen LogP contribution < -0.4 is 0 Å². The van der Waals surface area contributed by atoms with E-state index in [0.717, 1.165) is 19.0 Å². The number of carbonyl (C=O) groups is 1. The maximum Gasteiger partial charge on any atom is 0.170 e. The number of aromatic nitrogens is 2. The van der Waals surface area contributed by atoms with E-state index in [4.69, 9.17) is 0 Å². The lowest BCUT2D eigenvalue weighted by atomic mass is 10.1. The number of hydrogen-bond donors (Lipinski definition) is 0. The zero-order valence-electron chi connectivity index (χ0n) is 10.6. The van der Waals surface area contributed by atoms with Gasteiger partial charge in [0, 0.05) is 19.2 Å². The first-order valence-corrected chi connectivity index (χ1v) is 6.10. The molecule has 2 aromatic rings. The van der Waals surface area contributed by atoms with Crippen molar-refractivity contribution in [3.05, 3.63) is 53.4 Å². The molecule has 19 heavy (non-hydrogen) atoms. The molecule has 0 aliphatic heterocycles. The molecule has 0 aliphatic rings. The Labute approximate surface area is 109 Å². The Balaban J connectivity index is 2.14. The lowest BCUT2D eigenvalue weighted by Crippen LogP contribution is -2.05. The summed E-state index contributed by atoms with van der Waals surface area (Å²) in [6, 6.07) is 3.83. The molecular weight excluding hydrogens is 250 g/mol. The highest BCUT2D eigenvalue weighted by atomic mass is 19.2. The standard InChI is InChI=1S/C14H14F2N2O/c1-2-6-18-9-11(8-17-18)13(19)7-10-4-3-5-12(15)14(10)16/h3-5,8-9H,2,6-7H2,1H3. The molecule has 0 atom stereocenters. The quantitative estimate of drug-likeness (QED) is 0.778. The highest BCUT2D eigenvalue weighted by molar-refractivity contribution is 5.97. The van der Waals surface area contributed by atoms with Gasteiger partial charge in [-0.25, -0.2) is 8.78 Å². The summed E-state index contributed by atoms with van der Waals surface area (Å²) in [7, 11) is 0. The number of rotatable bonds is 5. The number of ketones is 1. The van der Waals surface area contributed by atoms with Gasteiger partial charge in [0.2, 0.25) is 0 Å². The van der Waals surface area contributed by atoms with Gasteiger partial charge in [-0.1, -0.05) is 19.1 Å². The van der Waals surface area contributed by atoms with E-state index < -0.39 is 11.6 Å². The lowest BCUT2D eigenvalue weighted by Gasteiger charge is -2.02. The first kappa shape index (κ1) is 13.4. The Morgan fingerprint density at radius 2 is 2.16 bits per heavy atom. The third kappa shape index (κ3) is 3.05. The predicted molar refractivity (Wildman–Crippen MR) is 66.9 cm³/mol. The van der Waals surface area contributed by atoms with Crippen molar-refractivity contribution in [1.29, 1.82) is 0 Å². The summed E-state index contributed by atoms with van der Waals surface area (Å²) in [5.41, 5.74) is 0.477. The minimum absolute atomic E-state index is 0.0632. The van der Waals surface area contributed by atoms with Crippen molar-refractivity contribution < 1.29 is 13.6 Å². The van der Waals surface area contributed by atoms with Gasteiger partial charge < -0.3 is 0 Å². The molecule has 2 rings (SSSR count). The Morgan fingerprint density at radius 3 is 2.89 bits per heavy atom. The van der Waals surface area contributed by atoms with Gasteiger partial charge in [0.15, 0.2) is 17.4 Å². The highest BCUT2D eigenvalue weighted by Crippen LogP contribution is 2.14. The SMILES string of the molecule is CCCn1cc(C(=O)Cc2cccc(F)c2F)cn1. The Bertz CT molecular complexity index is 593. The van der Waals surface area contributed by atoms with Gasteiger partial charge in [0.25, 0.3) is 0 Å². The normalized spacial score (nSPS) is 10.7. The third-order valence-electron chi connectivity index (χ3n) is 2.79. The van der Waals surface area contributed by atoms with Gasteiger partial charge >= 0.3 is 0 Å². The largest absolute Gasteiger partial charge is 0.294 e. The van der Waals surface area contributed by atoms with Gasteiger partial charge in [-0.3, -0.25) is 9.48 Å². The molecule has 0 spiro atoms. The van der Waals surface area contributed by atoms with Gasteiger partial charge in [0.05, 0.1) is 11.8 Å². The molecule has 100 valence electrons. The van der Waals surface area contributed by atoms with Crippen LogP contribution in [0, 0.1) is 11.6 Å². The average molecular weight is 264 g/mol. The fourth-order valence-electron chi connectivity index (χ4n) is 1.82. The maximum atomic E-state index is 13.5. The molecule has 1 aromatic carbocycles. The van der Waals surface area contributed by atoms with Crippen molar-refractivity contribution in [2.75, 3.05) is 0 Å². The van der Waals surface area contributed by atoms with Crippen LogP contribution in [0.2, 0.25) is 0 Å². The molecular formula is C14H14F2N2O. The second kappa shape index (κ2) is 5.73. The van der Waals surface area contributed by atoms with Crippen molar-refractivity contribution in [1.82, 2.24) is 9.78 Å². The average Bonchev–Trinajstić information content (AvgIpc) is 2.84. The van der Waals surface area contributed by atoms with Gasteiger partial charge in [-0.05, 0) is 18.1 Å². The summed E-state index contributed by atoms with van der Waals surface area (Å²) < 4.78 is 28.2. The molecule has 0 unspecified atom stereocenters. The van der Waals surface area contributed by atoms with E-state index in [2.05, 4.69) is 5.10 Å². The zero-order valence-corrected chi connectivity index (χ0v) is 10.6. The third-order valence-corrected chi connectivity index (χ3v) is 2.79. The minimum Gasteiger partial charge on any atom is -0.294 e. The Morgan fingerprint density at radius 1 is 1.37 bits per heavy atom. The number of carbonyl (C=O) groups excluding carboxylic acids is 1. The van der Waals surface area contributed by atoms with Crippen LogP contribution in [0.15, 0.2) is 30.6 Å². The minimum atomic E-state index is -0.961. The number of hydrogen-bond acceptors (Lipinski definition) is 2. The summed E-state index contributed by atoms with van der Waals surface area (Å²) in [5, 5.41) is 4.04. The van der Waals surface area contributed by atoms with E-state index in [1.54, 1.807) is 10.9 Å². The Hall–Kier alpha value is -2.04. The van der Waals surface area contributed by atoms with Crippen LogP contribution in [-0.4, -0.2) is 15.6 Å². The summed E-state index contributed by atoms with van der Waals surface area (Å²) in [6.07, 6.45) is 3.83. The van der Waals surface area contributed by atoms with Crippen molar-refractivity contribution in [2.45, 2.75) is 26.3 Å². The fourth-order valence-corrected chi connectivity index (χ4v) is 1.82. The molecule has 0 fully saturated rings. The van der Waals surface area contributed by atoms with Crippen molar-refractivity contribution in [3.8, 4) is 0 Å². The second-order valence-electron chi connectivity index (χ2n) is 4.30. The number of nitrogens with zero attached hydrogens (tertiary/aromatic N) is 2. The van der Waals surface area contributed by atoms with Gasteiger partial charge in [-0.2, -0.15) is 5.10 Å². The van der Waals surface area contributed by atoms with Gasteiger partial charge in [-0.15, -0.1) is 0 Å². The van der Waals surface area contributed by atoms with Crippen LogP contribution in [0.5, 0.6) is 0 Å². The lowest BCUT2D eigenvalue weighted by molar-refractivity contribution is 0.0991. The summed E-state index contributed by atoms with van der Waals surface area (Å²) in [5.74, 6) is -2.17. The van der Waals surface area contributed by atoms with Crippen LogP contribution in [0.4, 0.5) is 8.78 Å². The summed E-state index contributed by atoms with van der Waals surface area (Å²) in [4.78, 5) is 12.0. The maximum absolute atomic E-state index is 13.5. The molecule has 0 saturated carbocycles. The number of benzene rings is 1. The van der Waals surface area contributed by atoms with E-state index in [0.29, 0.717) is 5.56 Å². The highest BCUT2D eigenvalue weighted by Gasteiger charge is 2.14. The molecule has 5 heteroatoms. The summed E-state index contributed by atoms with van der Waals surface area (Å²) >= 11 is 0. The monoisotopic (exact) mass is 264 g/mol. The molecule has 3 nitrogen and oxygen atoms in total. The fraction of sp³-hybridized carbons (Fsp3) is 0.286. The molecule has 1 heterocycles. The topological polar surface area (TPSA) is 34.9 Å². The van der Waals surface area contributed by atoms with Crippen molar-refractivity contribution in [3.63, 3.8) is 0 Å². The van der Waals surface area contributed by atoms with Crippen LogP contribution in [-0.2, 0) is 13.0 Å². The molecule has 0 N–H and O–H groups in total. The second-order valence-corrected chi connectivity index (χ2v) is 4.30. The molecule has 0 bridgehead atoms. The number of halogens is 2. The van der Waals surface area contributed by atoms with Gasteiger partial charge in [0.1, 0.15) is 0 Å². The predicted octanol–water partition coefficient (Wildman–Crippen LogP) is 3.00. The van der Waals surface area contributed by atoms with E-state index in [9.17, 15) is 13.6 Å². The molecule has 0 saturated heterocycles. The van der Waals surface area contributed by atoms with Crippen molar-refractivity contribution >= 4 is 5.78 Å². The van der Waals surface area contributed by atoms with Crippen molar-refractivity contribution in [2.24, 2.45) is 0 Å². The molecule has 0 amide bonds. The summed E-state index contributed by atoms with van der Waals surface area (Å²) in [6.45, 7) is 2.73. The first-order chi connectivity index (χ1) is 9.11. The van der Waals surface area contributed by atoms with E-state index in [-0.39, 0.29) is 17.8 Å².